The standard InChI is InChI=1S/C7H16N2.2ClH/c1-3-9-5-4-8-6-7(9)2;;/h7-8H,3-6H2,1-2H3;2*1H. The van der Waals surface area contributed by atoms with Crippen LogP contribution in [0.2, 0.25) is 0 Å². The number of hydrogen-bond donors (Lipinski definition) is 1. The van der Waals surface area contributed by atoms with Gasteiger partial charge in [0.2, 0.25) is 0 Å². The molecular weight excluding hydrogens is 183 g/mol. The van der Waals surface area contributed by atoms with Gasteiger partial charge in [0.15, 0.2) is 0 Å². The highest BCUT2D eigenvalue weighted by Gasteiger charge is 2.14. The summed E-state index contributed by atoms with van der Waals surface area (Å²) >= 11 is 0. The van der Waals surface area contributed by atoms with Crippen LogP contribution in [0.4, 0.5) is 0 Å². The van der Waals surface area contributed by atoms with Gasteiger partial charge in [-0.1, -0.05) is 6.92 Å². The van der Waals surface area contributed by atoms with E-state index < -0.39 is 0 Å². The van der Waals surface area contributed by atoms with Gasteiger partial charge in [0, 0.05) is 25.7 Å². The predicted molar refractivity (Wildman–Crippen MR) is 54.1 cm³/mol. The molecule has 1 saturated heterocycles. The van der Waals surface area contributed by atoms with Crippen molar-refractivity contribution < 1.29 is 0 Å². The number of piperazine rings is 1. The third-order valence-corrected chi connectivity index (χ3v) is 2.05. The lowest BCUT2D eigenvalue weighted by atomic mass is 10.2. The average molecular weight is 201 g/mol. The van der Waals surface area contributed by atoms with E-state index in [1.807, 2.05) is 0 Å². The molecule has 1 rings (SSSR count). The summed E-state index contributed by atoms with van der Waals surface area (Å²) in [6, 6.07) is 0.740. The van der Waals surface area contributed by atoms with Crippen molar-refractivity contribution in [2.75, 3.05) is 26.2 Å². The highest BCUT2D eigenvalue weighted by Crippen LogP contribution is 1.99. The van der Waals surface area contributed by atoms with Crippen molar-refractivity contribution in [1.29, 1.82) is 0 Å². The summed E-state index contributed by atoms with van der Waals surface area (Å²) in [6.45, 7) is 9.24. The molecule has 0 radical (unpaired) electrons. The third kappa shape index (κ3) is 4.16. The van der Waals surface area contributed by atoms with Crippen LogP contribution < -0.4 is 5.32 Å². The molecule has 0 aliphatic carbocycles. The molecule has 1 unspecified atom stereocenters. The average Bonchev–Trinajstić information content (AvgIpc) is 1.89. The molecule has 1 fully saturated rings. The van der Waals surface area contributed by atoms with Gasteiger partial charge < -0.3 is 5.32 Å². The fourth-order valence-electron chi connectivity index (χ4n) is 1.35. The van der Waals surface area contributed by atoms with Crippen molar-refractivity contribution in [1.82, 2.24) is 10.2 Å². The van der Waals surface area contributed by atoms with Crippen LogP contribution in [0.15, 0.2) is 0 Å². The zero-order valence-corrected chi connectivity index (χ0v) is 8.80. The Morgan fingerprint density at radius 2 is 2.09 bits per heavy atom. The number of nitrogens with zero attached hydrogens (tertiary/aromatic N) is 1. The quantitative estimate of drug-likeness (QED) is 0.684. The van der Waals surface area contributed by atoms with E-state index in [0.717, 1.165) is 19.1 Å². The molecular formula is C7H18Cl2N2. The zero-order valence-electron chi connectivity index (χ0n) is 7.17. The van der Waals surface area contributed by atoms with Crippen molar-refractivity contribution in [3.63, 3.8) is 0 Å². The van der Waals surface area contributed by atoms with Gasteiger partial charge in [0.05, 0.1) is 0 Å². The summed E-state index contributed by atoms with van der Waals surface area (Å²) in [7, 11) is 0. The van der Waals surface area contributed by atoms with Crippen LogP contribution >= 0.6 is 24.8 Å². The molecule has 0 spiro atoms. The van der Waals surface area contributed by atoms with Gasteiger partial charge >= 0.3 is 0 Å². The summed E-state index contributed by atoms with van der Waals surface area (Å²) in [5, 5.41) is 3.36. The van der Waals surface area contributed by atoms with Crippen LogP contribution in [-0.4, -0.2) is 37.1 Å². The van der Waals surface area contributed by atoms with E-state index in [0.29, 0.717) is 0 Å². The molecule has 0 amide bonds. The highest BCUT2D eigenvalue weighted by atomic mass is 35.5. The van der Waals surface area contributed by atoms with Gasteiger partial charge in [-0.2, -0.15) is 0 Å². The molecule has 4 heteroatoms. The smallest absolute Gasteiger partial charge is 0.0192 e. The lowest BCUT2D eigenvalue weighted by molar-refractivity contribution is 0.183. The second kappa shape index (κ2) is 7.17. The lowest BCUT2D eigenvalue weighted by Gasteiger charge is -2.32. The van der Waals surface area contributed by atoms with Gasteiger partial charge in [-0.05, 0) is 13.5 Å². The van der Waals surface area contributed by atoms with Crippen molar-refractivity contribution in [3.05, 3.63) is 0 Å². The van der Waals surface area contributed by atoms with Gasteiger partial charge in [0.1, 0.15) is 0 Å². The molecule has 0 aromatic heterocycles. The molecule has 70 valence electrons. The molecule has 0 saturated carbocycles. The van der Waals surface area contributed by atoms with Crippen LogP contribution in [0.5, 0.6) is 0 Å². The van der Waals surface area contributed by atoms with Crippen LogP contribution in [0.25, 0.3) is 0 Å². The summed E-state index contributed by atoms with van der Waals surface area (Å²) < 4.78 is 0. The van der Waals surface area contributed by atoms with Gasteiger partial charge in [-0.25, -0.2) is 0 Å². The molecule has 1 heterocycles. The minimum Gasteiger partial charge on any atom is -0.314 e. The summed E-state index contributed by atoms with van der Waals surface area (Å²) in [6.07, 6.45) is 0. The molecule has 2 nitrogen and oxygen atoms in total. The largest absolute Gasteiger partial charge is 0.314 e. The fourth-order valence-corrected chi connectivity index (χ4v) is 1.35. The number of halogens is 2. The van der Waals surface area contributed by atoms with E-state index in [2.05, 4.69) is 24.1 Å². The van der Waals surface area contributed by atoms with E-state index >= 15 is 0 Å². The lowest BCUT2D eigenvalue weighted by Crippen LogP contribution is -2.49. The Morgan fingerprint density at radius 3 is 2.45 bits per heavy atom. The SMILES string of the molecule is CCN1CCNCC1C.Cl.Cl. The molecule has 1 aliphatic heterocycles. The molecule has 0 aromatic rings. The second-order valence-corrected chi connectivity index (χ2v) is 2.68. The third-order valence-electron chi connectivity index (χ3n) is 2.05. The summed E-state index contributed by atoms with van der Waals surface area (Å²) in [5.74, 6) is 0. The molecule has 0 bridgehead atoms. The number of likely N-dealkylation sites (N-methyl/N-ethyl adjacent to an activating group) is 1. The normalized spacial score (nSPS) is 25.1. The Labute approximate surface area is 81.5 Å². The van der Waals surface area contributed by atoms with E-state index in [9.17, 15) is 0 Å². The number of nitrogens with one attached hydrogen (secondary N) is 1. The zero-order chi connectivity index (χ0) is 6.69. The number of rotatable bonds is 1. The van der Waals surface area contributed by atoms with E-state index in [4.69, 9.17) is 0 Å². The maximum Gasteiger partial charge on any atom is 0.0192 e. The van der Waals surface area contributed by atoms with Crippen LogP contribution in [0.3, 0.4) is 0 Å². The highest BCUT2D eigenvalue weighted by molar-refractivity contribution is 5.85. The van der Waals surface area contributed by atoms with Crippen LogP contribution in [0, 0.1) is 0 Å². The Morgan fingerprint density at radius 1 is 1.45 bits per heavy atom. The summed E-state index contributed by atoms with van der Waals surface area (Å²) in [4.78, 5) is 2.50. The first kappa shape index (κ1) is 14.0. The fraction of sp³-hybridized carbons (Fsp3) is 1.00. The van der Waals surface area contributed by atoms with E-state index in [1.165, 1.54) is 13.1 Å². The first-order chi connectivity index (χ1) is 4.34. The molecule has 1 aliphatic rings. The van der Waals surface area contributed by atoms with Crippen LogP contribution in [0.1, 0.15) is 13.8 Å². The Balaban J connectivity index is 0. The first-order valence-corrected chi connectivity index (χ1v) is 3.79. The minimum atomic E-state index is 0. The molecule has 0 aromatic carbocycles. The van der Waals surface area contributed by atoms with Crippen molar-refractivity contribution >= 4 is 24.8 Å². The van der Waals surface area contributed by atoms with Gasteiger partial charge in [-0.15, -0.1) is 24.8 Å². The minimum absolute atomic E-state index is 0. The Bertz CT molecular complexity index is 90.5. The summed E-state index contributed by atoms with van der Waals surface area (Å²) in [5.41, 5.74) is 0. The van der Waals surface area contributed by atoms with Crippen LogP contribution in [-0.2, 0) is 0 Å². The molecule has 11 heavy (non-hydrogen) atoms. The Hall–Kier alpha value is 0.500. The van der Waals surface area contributed by atoms with Crippen molar-refractivity contribution in [2.24, 2.45) is 0 Å². The maximum atomic E-state index is 3.36. The molecule has 1 N–H and O–H groups in total. The van der Waals surface area contributed by atoms with E-state index in [1.54, 1.807) is 0 Å². The van der Waals surface area contributed by atoms with Gasteiger partial charge in [-0.3, -0.25) is 4.90 Å². The Kier molecular flexibility index (Phi) is 9.15. The monoisotopic (exact) mass is 200 g/mol. The molecule has 1 atom stereocenters. The van der Waals surface area contributed by atoms with E-state index in [-0.39, 0.29) is 24.8 Å². The predicted octanol–water partition coefficient (Wildman–Crippen LogP) is 1.14. The second-order valence-electron chi connectivity index (χ2n) is 2.68. The first-order valence-electron chi connectivity index (χ1n) is 3.79. The number of hydrogen-bond acceptors (Lipinski definition) is 2. The van der Waals surface area contributed by atoms with Crippen molar-refractivity contribution in [3.8, 4) is 0 Å². The van der Waals surface area contributed by atoms with Crippen molar-refractivity contribution in [2.45, 2.75) is 19.9 Å². The van der Waals surface area contributed by atoms with Gasteiger partial charge in [0.25, 0.3) is 0 Å². The topological polar surface area (TPSA) is 15.3 Å². The maximum absolute atomic E-state index is 3.36.